The van der Waals surface area contributed by atoms with Crippen LogP contribution in [0.25, 0.3) is 21.5 Å². The number of carboxylic acid groups (broad SMARTS) is 2. The first-order chi connectivity index (χ1) is 14.6. The Morgan fingerprint density at radius 2 is 1.00 bits per heavy atom. The second-order valence-corrected chi connectivity index (χ2v) is 6.63. The molecule has 150 valence electrons. The van der Waals surface area contributed by atoms with Crippen molar-refractivity contribution in [2.45, 2.75) is 0 Å². The highest BCUT2D eigenvalue weighted by Crippen LogP contribution is 2.31. The van der Waals surface area contributed by atoms with E-state index in [1.165, 1.54) is 12.1 Å². The summed E-state index contributed by atoms with van der Waals surface area (Å²) in [6.45, 7) is 0.104. The second kappa shape index (κ2) is 8.13. The maximum Gasteiger partial charge on any atom is 0.339 e. The Morgan fingerprint density at radius 1 is 0.600 bits per heavy atom. The number of fused-ring (bicyclic) bond motifs is 2. The van der Waals surface area contributed by atoms with Crippen LogP contribution in [0.3, 0.4) is 0 Å². The van der Waals surface area contributed by atoms with Crippen LogP contribution in [0, 0.1) is 0 Å². The Kier molecular flexibility index (Phi) is 5.22. The highest BCUT2D eigenvalue weighted by Gasteiger charge is 2.17. The molecule has 0 aliphatic heterocycles. The van der Waals surface area contributed by atoms with Crippen LogP contribution in [-0.2, 0) is 0 Å². The quantitative estimate of drug-likeness (QED) is 0.430. The molecule has 0 aliphatic rings. The van der Waals surface area contributed by atoms with Crippen molar-refractivity contribution in [1.29, 1.82) is 0 Å². The molecule has 0 fully saturated rings. The van der Waals surface area contributed by atoms with Crippen molar-refractivity contribution in [3.63, 3.8) is 0 Å². The SMILES string of the molecule is O=C(O)c1ccc2ccccc2c1OCCOc1c(C(=O)O)ccc2ccccc12. The smallest absolute Gasteiger partial charge is 0.339 e. The maximum absolute atomic E-state index is 11.6. The topological polar surface area (TPSA) is 93.1 Å². The average molecular weight is 402 g/mol. The molecule has 6 nitrogen and oxygen atoms in total. The van der Waals surface area contributed by atoms with Gasteiger partial charge in [-0.1, -0.05) is 60.7 Å². The zero-order valence-electron chi connectivity index (χ0n) is 15.9. The van der Waals surface area contributed by atoms with Crippen molar-refractivity contribution in [2.75, 3.05) is 13.2 Å². The summed E-state index contributed by atoms with van der Waals surface area (Å²) in [7, 11) is 0. The fourth-order valence-corrected chi connectivity index (χ4v) is 3.42. The van der Waals surface area contributed by atoms with Crippen molar-refractivity contribution in [2.24, 2.45) is 0 Å². The summed E-state index contributed by atoms with van der Waals surface area (Å²) >= 11 is 0. The van der Waals surface area contributed by atoms with Crippen LogP contribution in [0.15, 0.2) is 72.8 Å². The predicted octanol–water partition coefficient (Wildman–Crippen LogP) is 4.85. The molecule has 6 heteroatoms. The zero-order chi connectivity index (χ0) is 21.1. The molecule has 0 unspecified atom stereocenters. The monoisotopic (exact) mass is 402 g/mol. The molecule has 0 saturated heterocycles. The van der Waals surface area contributed by atoms with E-state index in [1.54, 1.807) is 24.3 Å². The Labute approximate surface area is 171 Å². The Hall–Kier alpha value is -4.06. The largest absolute Gasteiger partial charge is 0.488 e. The number of rotatable bonds is 7. The van der Waals surface area contributed by atoms with Crippen molar-refractivity contribution in [1.82, 2.24) is 0 Å². The molecular weight excluding hydrogens is 384 g/mol. The van der Waals surface area contributed by atoms with Gasteiger partial charge in [-0.15, -0.1) is 0 Å². The molecule has 0 bridgehead atoms. The third kappa shape index (κ3) is 3.63. The minimum atomic E-state index is -1.08. The van der Waals surface area contributed by atoms with E-state index in [0.717, 1.165) is 10.8 Å². The van der Waals surface area contributed by atoms with Crippen molar-refractivity contribution >= 4 is 33.5 Å². The highest BCUT2D eigenvalue weighted by molar-refractivity contribution is 6.01. The van der Waals surface area contributed by atoms with Crippen LogP contribution in [0.1, 0.15) is 20.7 Å². The summed E-state index contributed by atoms with van der Waals surface area (Å²) in [5.74, 6) is -1.64. The van der Waals surface area contributed by atoms with Crippen LogP contribution in [0.4, 0.5) is 0 Å². The summed E-state index contributed by atoms with van der Waals surface area (Å²) < 4.78 is 11.6. The van der Waals surface area contributed by atoms with E-state index < -0.39 is 11.9 Å². The first-order valence-electron chi connectivity index (χ1n) is 9.32. The molecule has 4 rings (SSSR count). The fourth-order valence-electron chi connectivity index (χ4n) is 3.42. The summed E-state index contributed by atoms with van der Waals surface area (Å²) in [4.78, 5) is 23.2. The lowest BCUT2D eigenvalue weighted by Crippen LogP contribution is -2.13. The molecular formula is C24H18O6. The molecule has 0 radical (unpaired) electrons. The molecule has 2 N–H and O–H groups in total. The van der Waals surface area contributed by atoms with E-state index in [2.05, 4.69) is 0 Å². The molecule has 0 aromatic heterocycles. The Bertz CT molecular complexity index is 1160. The van der Waals surface area contributed by atoms with E-state index >= 15 is 0 Å². The Morgan fingerprint density at radius 3 is 1.40 bits per heavy atom. The number of aromatic carboxylic acids is 2. The van der Waals surface area contributed by atoms with E-state index in [0.29, 0.717) is 10.8 Å². The lowest BCUT2D eigenvalue weighted by molar-refractivity contribution is 0.0677. The summed E-state index contributed by atoms with van der Waals surface area (Å²) in [5, 5.41) is 22.1. The zero-order valence-corrected chi connectivity index (χ0v) is 15.9. The lowest BCUT2D eigenvalue weighted by atomic mass is 10.1. The third-order valence-corrected chi connectivity index (χ3v) is 4.80. The summed E-state index contributed by atoms with van der Waals surface area (Å²) in [5.41, 5.74) is 0.121. The molecule has 0 spiro atoms. The number of benzene rings is 4. The van der Waals surface area contributed by atoms with Gasteiger partial charge < -0.3 is 19.7 Å². The summed E-state index contributed by atoms with van der Waals surface area (Å²) in [6.07, 6.45) is 0. The van der Waals surface area contributed by atoms with Gasteiger partial charge in [-0.25, -0.2) is 9.59 Å². The Balaban J connectivity index is 1.58. The van der Waals surface area contributed by atoms with Crippen molar-refractivity contribution < 1.29 is 29.3 Å². The molecule has 4 aromatic carbocycles. The number of ether oxygens (including phenoxy) is 2. The van der Waals surface area contributed by atoms with Gasteiger partial charge in [-0.2, -0.15) is 0 Å². The highest BCUT2D eigenvalue weighted by atomic mass is 16.5. The van der Waals surface area contributed by atoms with Crippen LogP contribution in [0.5, 0.6) is 11.5 Å². The number of hydrogen-bond donors (Lipinski definition) is 2. The van der Waals surface area contributed by atoms with Gasteiger partial charge >= 0.3 is 11.9 Å². The minimum Gasteiger partial charge on any atom is -0.488 e. The molecule has 30 heavy (non-hydrogen) atoms. The molecule has 0 saturated carbocycles. The van der Waals surface area contributed by atoms with Gasteiger partial charge in [0.25, 0.3) is 0 Å². The second-order valence-electron chi connectivity index (χ2n) is 6.63. The molecule has 0 aliphatic carbocycles. The normalized spacial score (nSPS) is 10.8. The van der Waals surface area contributed by atoms with Crippen LogP contribution < -0.4 is 9.47 Å². The average Bonchev–Trinajstić information content (AvgIpc) is 2.76. The summed E-state index contributed by atoms with van der Waals surface area (Å²) in [6, 6.07) is 21.2. The first-order valence-corrected chi connectivity index (χ1v) is 9.32. The van der Waals surface area contributed by atoms with Gasteiger partial charge in [0.2, 0.25) is 0 Å². The van der Waals surface area contributed by atoms with Crippen molar-refractivity contribution in [3.05, 3.63) is 83.9 Å². The lowest BCUT2D eigenvalue weighted by Gasteiger charge is -2.15. The van der Waals surface area contributed by atoms with E-state index in [9.17, 15) is 19.8 Å². The number of carbonyl (C=O) groups is 2. The van der Waals surface area contributed by atoms with Gasteiger partial charge in [0, 0.05) is 10.8 Å². The number of hydrogen-bond acceptors (Lipinski definition) is 4. The van der Waals surface area contributed by atoms with Crippen LogP contribution in [-0.4, -0.2) is 35.4 Å². The van der Waals surface area contributed by atoms with E-state index in [-0.39, 0.29) is 35.8 Å². The van der Waals surface area contributed by atoms with Crippen LogP contribution >= 0.6 is 0 Å². The molecule has 0 atom stereocenters. The molecule has 4 aromatic rings. The maximum atomic E-state index is 11.6. The third-order valence-electron chi connectivity index (χ3n) is 4.80. The van der Waals surface area contributed by atoms with Gasteiger partial charge in [0.1, 0.15) is 35.8 Å². The fraction of sp³-hybridized carbons (Fsp3) is 0.0833. The van der Waals surface area contributed by atoms with E-state index in [4.69, 9.17) is 9.47 Å². The standard InChI is InChI=1S/C24H18O6/c25-23(26)19-11-9-15-5-1-3-7-17(15)21(19)29-13-14-30-22-18-8-4-2-6-16(18)10-12-20(22)24(27)28/h1-12H,13-14H2,(H,25,26)(H,27,28). The predicted molar refractivity (Wildman–Crippen MR) is 113 cm³/mol. The van der Waals surface area contributed by atoms with Crippen LogP contribution in [0.2, 0.25) is 0 Å². The van der Waals surface area contributed by atoms with Crippen molar-refractivity contribution in [3.8, 4) is 11.5 Å². The van der Waals surface area contributed by atoms with E-state index in [1.807, 2.05) is 36.4 Å². The van der Waals surface area contributed by atoms with Gasteiger partial charge in [0.15, 0.2) is 0 Å². The van der Waals surface area contributed by atoms with Gasteiger partial charge in [0.05, 0.1) is 0 Å². The van der Waals surface area contributed by atoms with Gasteiger partial charge in [-0.3, -0.25) is 0 Å². The first kappa shape index (κ1) is 19.3. The number of carboxylic acids is 2. The molecule has 0 amide bonds. The van der Waals surface area contributed by atoms with Gasteiger partial charge in [-0.05, 0) is 22.9 Å². The minimum absolute atomic E-state index is 0.0522. The molecule has 0 heterocycles.